The molecule has 2 saturated heterocycles. The van der Waals surface area contributed by atoms with Gasteiger partial charge in [-0.05, 0) is 62.1 Å². The van der Waals surface area contributed by atoms with Gasteiger partial charge in [0, 0.05) is 50.6 Å². The van der Waals surface area contributed by atoms with Gasteiger partial charge in [0.25, 0.3) is 0 Å². The van der Waals surface area contributed by atoms with E-state index in [1.165, 1.54) is 12.1 Å². The highest BCUT2D eigenvalue weighted by Gasteiger charge is 2.50. The van der Waals surface area contributed by atoms with Crippen molar-refractivity contribution >= 4 is 11.6 Å². The summed E-state index contributed by atoms with van der Waals surface area (Å²) in [5.41, 5.74) is -0.438. The summed E-state index contributed by atoms with van der Waals surface area (Å²) in [5, 5.41) is 3.88. The van der Waals surface area contributed by atoms with E-state index in [0.717, 1.165) is 51.4 Å². The predicted octanol–water partition coefficient (Wildman–Crippen LogP) is 4.95. The number of piperazine rings is 1. The maximum Gasteiger partial charge on any atom is 0.416 e. The van der Waals surface area contributed by atoms with E-state index >= 15 is 0 Å². The Labute approximate surface area is 207 Å². The number of nitrogens with one attached hydrogen (secondary N) is 1. The smallest absolute Gasteiger partial charge is 0.381 e. The highest BCUT2D eigenvalue weighted by Crippen LogP contribution is 2.46. The first-order valence-corrected chi connectivity index (χ1v) is 13.2. The number of rotatable bonds is 6. The molecule has 0 bridgehead atoms. The monoisotopic (exact) mass is 495 g/mol. The molecule has 0 aromatic heterocycles. The van der Waals surface area contributed by atoms with E-state index in [1.54, 1.807) is 6.07 Å². The molecular formula is C27H40F3N3O2. The Morgan fingerprint density at radius 1 is 1.20 bits per heavy atom. The quantitative estimate of drug-likeness (QED) is 0.606. The summed E-state index contributed by atoms with van der Waals surface area (Å²) in [4.78, 5) is 17.8. The highest BCUT2D eigenvalue weighted by atomic mass is 19.4. The van der Waals surface area contributed by atoms with Gasteiger partial charge in [0.05, 0.1) is 17.6 Å². The Morgan fingerprint density at radius 3 is 2.60 bits per heavy atom. The van der Waals surface area contributed by atoms with Crippen LogP contribution in [0.1, 0.15) is 58.4 Å². The van der Waals surface area contributed by atoms with Crippen molar-refractivity contribution < 1.29 is 22.7 Å². The predicted molar refractivity (Wildman–Crippen MR) is 131 cm³/mol. The molecule has 0 radical (unpaired) electrons. The molecule has 1 aromatic rings. The van der Waals surface area contributed by atoms with Crippen LogP contribution >= 0.6 is 0 Å². The van der Waals surface area contributed by atoms with Gasteiger partial charge in [-0.25, -0.2) is 0 Å². The van der Waals surface area contributed by atoms with E-state index < -0.39 is 11.7 Å². The zero-order valence-corrected chi connectivity index (χ0v) is 21.2. The van der Waals surface area contributed by atoms with Gasteiger partial charge in [0.15, 0.2) is 0 Å². The fraction of sp³-hybridized carbons (Fsp3) is 0.741. The van der Waals surface area contributed by atoms with Crippen LogP contribution < -0.4 is 10.2 Å². The van der Waals surface area contributed by atoms with Gasteiger partial charge in [0.2, 0.25) is 5.91 Å². The lowest BCUT2D eigenvalue weighted by Crippen LogP contribution is -2.54. The SMILES string of the molecule is CCC1COCCC1NC1CC[C@@](C(=O)N2CCN(c3cccc(C(F)(F)F)c3)CC2)(C(C)C)C1. The molecule has 5 nitrogen and oxygen atoms in total. The molecule has 35 heavy (non-hydrogen) atoms. The number of alkyl halides is 3. The summed E-state index contributed by atoms with van der Waals surface area (Å²) in [7, 11) is 0. The topological polar surface area (TPSA) is 44.8 Å². The number of amides is 1. The Hall–Kier alpha value is -1.80. The molecule has 8 heteroatoms. The van der Waals surface area contributed by atoms with Crippen LogP contribution in [0, 0.1) is 17.3 Å². The first-order valence-electron chi connectivity index (χ1n) is 13.2. The third kappa shape index (κ3) is 5.63. The number of halogens is 3. The second-order valence-corrected chi connectivity index (χ2v) is 10.9. The molecule has 2 aliphatic heterocycles. The van der Waals surface area contributed by atoms with E-state index in [9.17, 15) is 18.0 Å². The van der Waals surface area contributed by atoms with Crippen molar-refractivity contribution in [3.8, 4) is 0 Å². The average molecular weight is 496 g/mol. The van der Waals surface area contributed by atoms with Crippen LogP contribution in [-0.2, 0) is 15.7 Å². The average Bonchev–Trinajstić information content (AvgIpc) is 3.29. The molecule has 1 aromatic carbocycles. The van der Waals surface area contributed by atoms with Crippen LogP contribution in [0.15, 0.2) is 24.3 Å². The number of carbonyl (C=O) groups is 1. The molecule has 1 aliphatic carbocycles. The zero-order chi connectivity index (χ0) is 25.2. The second-order valence-electron chi connectivity index (χ2n) is 10.9. The van der Waals surface area contributed by atoms with Crippen LogP contribution in [-0.4, -0.2) is 62.3 Å². The largest absolute Gasteiger partial charge is 0.416 e. The number of anilines is 1. The molecule has 3 aliphatic rings. The molecule has 0 spiro atoms. The number of carbonyl (C=O) groups excluding carboxylic acids is 1. The number of hydrogen-bond donors (Lipinski definition) is 1. The number of ether oxygens (including phenoxy) is 1. The second kappa shape index (κ2) is 10.7. The lowest BCUT2D eigenvalue weighted by molar-refractivity contribution is -0.145. The number of nitrogens with zero attached hydrogens (tertiary/aromatic N) is 2. The van der Waals surface area contributed by atoms with Gasteiger partial charge in [-0.3, -0.25) is 4.79 Å². The Balaban J connectivity index is 1.38. The molecule has 2 heterocycles. The molecule has 1 N–H and O–H groups in total. The summed E-state index contributed by atoms with van der Waals surface area (Å²) in [5.74, 6) is 0.983. The van der Waals surface area contributed by atoms with Gasteiger partial charge in [-0.2, -0.15) is 13.2 Å². The minimum Gasteiger partial charge on any atom is -0.381 e. The Bertz CT molecular complexity index is 869. The summed E-state index contributed by atoms with van der Waals surface area (Å²) in [6.07, 6.45) is 0.498. The number of benzene rings is 1. The summed E-state index contributed by atoms with van der Waals surface area (Å²) >= 11 is 0. The van der Waals surface area contributed by atoms with E-state index in [0.29, 0.717) is 49.9 Å². The van der Waals surface area contributed by atoms with Crippen molar-refractivity contribution in [1.82, 2.24) is 10.2 Å². The van der Waals surface area contributed by atoms with Crippen LogP contribution in [0.5, 0.6) is 0 Å². The summed E-state index contributed by atoms with van der Waals surface area (Å²) < 4.78 is 45.1. The Kier molecular flexibility index (Phi) is 8.01. The maximum absolute atomic E-state index is 13.9. The minimum atomic E-state index is -4.35. The molecule has 4 atom stereocenters. The molecule has 196 valence electrons. The van der Waals surface area contributed by atoms with Gasteiger partial charge < -0.3 is 19.9 Å². The lowest BCUT2D eigenvalue weighted by Gasteiger charge is -2.42. The van der Waals surface area contributed by atoms with Gasteiger partial charge in [-0.1, -0.05) is 26.8 Å². The van der Waals surface area contributed by atoms with Crippen molar-refractivity contribution in [2.45, 2.75) is 71.1 Å². The molecule has 4 rings (SSSR count). The minimum absolute atomic E-state index is 0.222. The van der Waals surface area contributed by atoms with Crippen molar-refractivity contribution in [1.29, 1.82) is 0 Å². The molecule has 3 fully saturated rings. The number of hydrogen-bond acceptors (Lipinski definition) is 4. The van der Waals surface area contributed by atoms with E-state index in [-0.39, 0.29) is 17.2 Å². The zero-order valence-electron chi connectivity index (χ0n) is 21.2. The fourth-order valence-corrected chi connectivity index (χ4v) is 6.27. The van der Waals surface area contributed by atoms with Crippen LogP contribution in [0.4, 0.5) is 18.9 Å². The van der Waals surface area contributed by atoms with Crippen LogP contribution in [0.3, 0.4) is 0 Å². The first-order chi connectivity index (χ1) is 16.6. The van der Waals surface area contributed by atoms with E-state index in [1.807, 2.05) is 9.80 Å². The van der Waals surface area contributed by atoms with Crippen molar-refractivity contribution in [3.63, 3.8) is 0 Å². The third-order valence-corrected chi connectivity index (χ3v) is 8.63. The van der Waals surface area contributed by atoms with Crippen LogP contribution in [0.25, 0.3) is 0 Å². The standard InChI is InChI=1S/C27H40F3N3O2/c1-4-20-18-35-15-9-24(20)31-22-8-10-26(17-22,19(2)3)25(34)33-13-11-32(12-14-33)23-7-5-6-21(16-23)27(28,29)30/h5-7,16,19-20,22,24,31H,4,8-15,17-18H2,1-3H3/t20?,22?,24?,26-/m0/s1. The van der Waals surface area contributed by atoms with Gasteiger partial charge >= 0.3 is 6.18 Å². The van der Waals surface area contributed by atoms with E-state index in [4.69, 9.17) is 4.74 Å². The molecule has 1 saturated carbocycles. The summed E-state index contributed by atoms with van der Waals surface area (Å²) in [6.45, 7) is 10.3. The van der Waals surface area contributed by atoms with Crippen molar-refractivity contribution in [3.05, 3.63) is 29.8 Å². The fourth-order valence-electron chi connectivity index (χ4n) is 6.27. The van der Waals surface area contributed by atoms with Gasteiger partial charge in [-0.15, -0.1) is 0 Å². The highest BCUT2D eigenvalue weighted by molar-refractivity contribution is 5.84. The van der Waals surface area contributed by atoms with Crippen LogP contribution in [0.2, 0.25) is 0 Å². The normalized spacial score (nSPS) is 30.2. The summed E-state index contributed by atoms with van der Waals surface area (Å²) in [6, 6.07) is 6.27. The van der Waals surface area contributed by atoms with Crippen molar-refractivity contribution in [2.75, 3.05) is 44.3 Å². The molecular weight excluding hydrogens is 455 g/mol. The van der Waals surface area contributed by atoms with Crippen molar-refractivity contribution in [2.24, 2.45) is 17.3 Å². The lowest BCUT2D eigenvalue weighted by atomic mass is 9.74. The molecule has 1 amide bonds. The van der Waals surface area contributed by atoms with E-state index in [2.05, 4.69) is 26.1 Å². The third-order valence-electron chi connectivity index (χ3n) is 8.63. The maximum atomic E-state index is 13.9. The molecule has 3 unspecified atom stereocenters. The first kappa shape index (κ1) is 26.3. The van der Waals surface area contributed by atoms with Gasteiger partial charge in [0.1, 0.15) is 0 Å². The Morgan fingerprint density at radius 2 is 1.94 bits per heavy atom.